The molecule has 19 heavy (non-hydrogen) atoms. The van der Waals surface area contributed by atoms with Crippen molar-refractivity contribution >= 4 is 5.91 Å². The minimum absolute atomic E-state index is 0.270. The normalized spacial score (nSPS) is 16.4. The lowest BCUT2D eigenvalue weighted by Gasteiger charge is -2.21. The Balaban J connectivity index is 1.78. The van der Waals surface area contributed by atoms with Gasteiger partial charge in [-0.05, 0) is 31.0 Å². The molecule has 1 aliphatic heterocycles. The van der Waals surface area contributed by atoms with Crippen LogP contribution in [0.25, 0.3) is 0 Å². The molecule has 100 valence electrons. The van der Waals surface area contributed by atoms with Crippen LogP contribution < -0.4 is 5.32 Å². The molecule has 0 radical (unpaired) electrons. The lowest BCUT2D eigenvalue weighted by atomic mass is 10.1. The first-order chi connectivity index (χ1) is 9.19. The van der Waals surface area contributed by atoms with Crippen molar-refractivity contribution in [1.29, 1.82) is 5.26 Å². The van der Waals surface area contributed by atoms with Crippen LogP contribution in [-0.4, -0.2) is 29.9 Å². The van der Waals surface area contributed by atoms with Crippen LogP contribution in [0.4, 0.5) is 0 Å². The molecule has 0 spiro atoms. The Morgan fingerprint density at radius 2 is 2.16 bits per heavy atom. The van der Waals surface area contributed by atoms with E-state index in [1.807, 2.05) is 29.2 Å². The summed E-state index contributed by atoms with van der Waals surface area (Å²) in [5, 5.41) is 12.1. The van der Waals surface area contributed by atoms with E-state index in [-0.39, 0.29) is 11.9 Å². The summed E-state index contributed by atoms with van der Waals surface area (Å²) in [6, 6.07) is 9.95. The fourth-order valence-electron chi connectivity index (χ4n) is 2.28. The van der Waals surface area contributed by atoms with Gasteiger partial charge in [0.2, 0.25) is 5.91 Å². The summed E-state index contributed by atoms with van der Waals surface area (Å²) < 4.78 is 0. The molecule has 2 rings (SSSR count). The van der Waals surface area contributed by atoms with Gasteiger partial charge in [-0.15, -0.1) is 0 Å². The molecule has 1 aromatic rings. The number of hydrogen-bond donors (Lipinski definition) is 1. The molecular weight excluding hydrogens is 238 g/mol. The largest absolute Gasteiger partial charge is 0.341 e. The summed E-state index contributed by atoms with van der Waals surface area (Å²) in [6.45, 7) is 4.51. The Hall–Kier alpha value is -1.86. The van der Waals surface area contributed by atoms with Crippen LogP contribution in [0.1, 0.15) is 30.9 Å². The SMILES string of the molecule is C[C@@H](CN1CCCC1=O)NCc1ccc(C#N)cc1. The number of rotatable bonds is 5. The van der Waals surface area contributed by atoms with Crippen molar-refractivity contribution in [3.63, 3.8) is 0 Å². The molecule has 1 N–H and O–H groups in total. The van der Waals surface area contributed by atoms with Crippen LogP contribution in [0.3, 0.4) is 0 Å². The number of nitriles is 1. The summed E-state index contributed by atoms with van der Waals surface area (Å²) in [5.74, 6) is 0.270. The molecule has 4 heteroatoms. The van der Waals surface area contributed by atoms with Crippen LogP contribution in [0.2, 0.25) is 0 Å². The van der Waals surface area contributed by atoms with Crippen LogP contribution in [0.5, 0.6) is 0 Å². The van der Waals surface area contributed by atoms with Crippen molar-refractivity contribution < 1.29 is 4.79 Å². The number of carbonyl (C=O) groups is 1. The van der Waals surface area contributed by atoms with Crippen molar-refractivity contribution in [3.05, 3.63) is 35.4 Å². The number of carbonyl (C=O) groups excluding carboxylic acids is 1. The summed E-state index contributed by atoms with van der Waals surface area (Å²) in [4.78, 5) is 13.4. The highest BCUT2D eigenvalue weighted by Gasteiger charge is 2.21. The fourth-order valence-corrected chi connectivity index (χ4v) is 2.28. The first kappa shape index (κ1) is 13.6. The second-order valence-corrected chi connectivity index (χ2v) is 5.03. The number of benzene rings is 1. The summed E-state index contributed by atoms with van der Waals surface area (Å²) in [5.41, 5.74) is 1.83. The van der Waals surface area contributed by atoms with Gasteiger partial charge in [-0.2, -0.15) is 5.26 Å². The predicted molar refractivity (Wildman–Crippen MR) is 73.3 cm³/mol. The van der Waals surface area contributed by atoms with E-state index in [4.69, 9.17) is 5.26 Å². The maximum atomic E-state index is 11.5. The van der Waals surface area contributed by atoms with Gasteiger partial charge in [0, 0.05) is 32.1 Å². The number of likely N-dealkylation sites (tertiary alicyclic amines) is 1. The van der Waals surface area contributed by atoms with E-state index in [0.717, 1.165) is 31.6 Å². The van der Waals surface area contributed by atoms with Gasteiger partial charge in [-0.25, -0.2) is 0 Å². The van der Waals surface area contributed by atoms with E-state index in [1.165, 1.54) is 0 Å². The zero-order chi connectivity index (χ0) is 13.7. The van der Waals surface area contributed by atoms with E-state index < -0.39 is 0 Å². The van der Waals surface area contributed by atoms with Gasteiger partial charge in [0.05, 0.1) is 11.6 Å². The Morgan fingerprint density at radius 3 is 2.74 bits per heavy atom. The first-order valence-electron chi connectivity index (χ1n) is 6.69. The third-order valence-electron chi connectivity index (χ3n) is 3.40. The minimum Gasteiger partial charge on any atom is -0.341 e. The maximum absolute atomic E-state index is 11.5. The molecule has 0 unspecified atom stereocenters. The zero-order valence-electron chi connectivity index (χ0n) is 11.2. The van der Waals surface area contributed by atoms with E-state index in [2.05, 4.69) is 18.3 Å². The monoisotopic (exact) mass is 257 g/mol. The minimum atomic E-state index is 0.270. The first-order valence-corrected chi connectivity index (χ1v) is 6.69. The van der Waals surface area contributed by atoms with E-state index in [1.54, 1.807) is 0 Å². The Kier molecular flexibility index (Phi) is 4.53. The molecule has 1 saturated heterocycles. The predicted octanol–water partition coefficient (Wildman–Crippen LogP) is 1.66. The van der Waals surface area contributed by atoms with Gasteiger partial charge in [0.1, 0.15) is 0 Å². The average molecular weight is 257 g/mol. The van der Waals surface area contributed by atoms with Gasteiger partial charge in [-0.3, -0.25) is 4.79 Å². The summed E-state index contributed by atoms with van der Waals surface area (Å²) >= 11 is 0. The molecule has 1 amide bonds. The molecule has 0 aliphatic carbocycles. The summed E-state index contributed by atoms with van der Waals surface area (Å²) in [6.07, 6.45) is 1.68. The Labute approximate surface area is 114 Å². The third kappa shape index (κ3) is 3.80. The molecule has 1 aliphatic rings. The van der Waals surface area contributed by atoms with Crippen molar-refractivity contribution in [3.8, 4) is 6.07 Å². The van der Waals surface area contributed by atoms with Crippen LogP contribution >= 0.6 is 0 Å². The maximum Gasteiger partial charge on any atom is 0.222 e. The fraction of sp³-hybridized carbons (Fsp3) is 0.467. The van der Waals surface area contributed by atoms with Crippen molar-refractivity contribution in [2.45, 2.75) is 32.4 Å². The second-order valence-electron chi connectivity index (χ2n) is 5.03. The molecule has 4 nitrogen and oxygen atoms in total. The molecular formula is C15H19N3O. The topological polar surface area (TPSA) is 56.1 Å². The molecule has 1 atom stereocenters. The van der Waals surface area contributed by atoms with Gasteiger partial charge in [0.25, 0.3) is 0 Å². The Morgan fingerprint density at radius 1 is 1.42 bits per heavy atom. The Bertz CT molecular complexity index is 475. The van der Waals surface area contributed by atoms with Crippen LogP contribution in [0.15, 0.2) is 24.3 Å². The van der Waals surface area contributed by atoms with Crippen molar-refractivity contribution in [1.82, 2.24) is 10.2 Å². The van der Waals surface area contributed by atoms with Crippen LogP contribution in [-0.2, 0) is 11.3 Å². The smallest absolute Gasteiger partial charge is 0.222 e. The highest BCUT2D eigenvalue weighted by atomic mass is 16.2. The highest BCUT2D eigenvalue weighted by molar-refractivity contribution is 5.78. The molecule has 1 heterocycles. The van der Waals surface area contributed by atoms with E-state index >= 15 is 0 Å². The molecule has 0 aromatic heterocycles. The second kappa shape index (κ2) is 6.35. The third-order valence-corrected chi connectivity index (χ3v) is 3.40. The molecule has 0 saturated carbocycles. The van der Waals surface area contributed by atoms with Crippen molar-refractivity contribution in [2.75, 3.05) is 13.1 Å². The van der Waals surface area contributed by atoms with Gasteiger partial charge in [0.15, 0.2) is 0 Å². The quantitative estimate of drug-likeness (QED) is 0.872. The van der Waals surface area contributed by atoms with Gasteiger partial charge in [-0.1, -0.05) is 12.1 Å². The average Bonchev–Trinajstić information content (AvgIpc) is 2.82. The number of hydrogen-bond acceptors (Lipinski definition) is 3. The van der Waals surface area contributed by atoms with Crippen LogP contribution in [0, 0.1) is 11.3 Å². The number of nitrogens with zero attached hydrogens (tertiary/aromatic N) is 2. The van der Waals surface area contributed by atoms with Crippen molar-refractivity contribution in [2.24, 2.45) is 0 Å². The van der Waals surface area contributed by atoms with Gasteiger partial charge < -0.3 is 10.2 Å². The zero-order valence-corrected chi connectivity index (χ0v) is 11.2. The van der Waals surface area contributed by atoms with E-state index in [0.29, 0.717) is 12.0 Å². The molecule has 1 aromatic carbocycles. The summed E-state index contributed by atoms with van der Waals surface area (Å²) in [7, 11) is 0. The van der Waals surface area contributed by atoms with E-state index in [9.17, 15) is 4.79 Å². The van der Waals surface area contributed by atoms with Gasteiger partial charge >= 0.3 is 0 Å². The lowest BCUT2D eigenvalue weighted by molar-refractivity contribution is -0.127. The molecule has 0 bridgehead atoms. The molecule has 1 fully saturated rings. The highest BCUT2D eigenvalue weighted by Crippen LogP contribution is 2.10. The standard InChI is InChI=1S/C15H19N3O/c1-12(11-18-8-2-3-15(18)19)17-10-14-6-4-13(9-16)5-7-14/h4-7,12,17H,2-3,8,10-11H2,1H3/t12-/m0/s1. The number of nitrogens with one attached hydrogen (secondary N) is 1. The number of amides is 1. The lowest BCUT2D eigenvalue weighted by Crippen LogP contribution is -2.39.